The summed E-state index contributed by atoms with van der Waals surface area (Å²) in [6.45, 7) is 4.24. The van der Waals surface area contributed by atoms with Crippen LogP contribution in [-0.4, -0.2) is 119 Å². The maximum Gasteiger partial charge on any atom is 0.418 e. The molecule has 10 fully saturated rings. The molecule has 51 heavy (non-hydrogen) atoms. The fraction of sp³-hybridized carbons (Fsp3) is 0.889. The van der Waals surface area contributed by atoms with Crippen molar-refractivity contribution in [2.75, 3.05) is 52.4 Å². The molecular formula is C36H44F6N4O5. The minimum absolute atomic E-state index is 0.0646. The maximum atomic E-state index is 15.9. The summed E-state index contributed by atoms with van der Waals surface area (Å²) in [5, 5.41) is 0. The summed E-state index contributed by atoms with van der Waals surface area (Å²) in [5.41, 5.74) is -6.44. The molecule has 0 spiro atoms. The van der Waals surface area contributed by atoms with Crippen molar-refractivity contribution in [2.24, 2.45) is 71.0 Å². The SMILES string of the molecule is O=C1C2[C@@H]3C[C@H](C4C3C3(C(F)(F)F)OC4(C(F)(F)F)C4C3[C@@H]3C[C@@H]4[C@H]4C(=O)N(CCN5CCCCC5)C(=O)C34)[C@@H]2C(=O)N1CCN1CCCCC1. The minimum Gasteiger partial charge on any atom is -0.348 e. The van der Waals surface area contributed by atoms with Crippen molar-refractivity contribution in [1.29, 1.82) is 0 Å². The predicted molar refractivity (Wildman–Crippen MR) is 164 cm³/mol. The standard InChI is InChI=1S/C36H44F6N4O5/c37-35(38,39)33-25-17-15-18(22-21(17)29(47)45(30(22)48)13-11-43-7-3-1-4-8-43)26(25)34(51-33,36(40,41)42)28-20-16-19(27(28)33)23-24(20)32(50)46(31(23)49)14-12-44-9-5-2-6-10-44/h17-28H,1-16H2/t17-,18-,19+,20+,21-,22?,23+,24?,25?,26?,27?,28?,33?,34?. The van der Waals surface area contributed by atoms with Gasteiger partial charge in [0.05, 0.1) is 23.7 Å². The molecule has 4 aliphatic carbocycles. The number of rotatable bonds is 6. The highest BCUT2D eigenvalue weighted by molar-refractivity contribution is 6.07. The lowest BCUT2D eigenvalue weighted by atomic mass is 9.46. The minimum atomic E-state index is -5.23. The van der Waals surface area contributed by atoms with Gasteiger partial charge in [-0.25, -0.2) is 0 Å². The van der Waals surface area contributed by atoms with E-state index in [-0.39, 0.29) is 25.9 Å². The largest absolute Gasteiger partial charge is 0.418 e. The Morgan fingerprint density at radius 1 is 0.490 bits per heavy atom. The first-order chi connectivity index (χ1) is 24.2. The lowest BCUT2D eigenvalue weighted by molar-refractivity contribution is -0.329. The van der Waals surface area contributed by atoms with Gasteiger partial charge in [-0.1, -0.05) is 12.8 Å². The van der Waals surface area contributed by atoms with Crippen molar-refractivity contribution in [1.82, 2.24) is 19.6 Å². The van der Waals surface area contributed by atoms with Gasteiger partial charge in [0.15, 0.2) is 11.2 Å². The average Bonchev–Trinajstić information content (AvgIpc) is 3.94. The van der Waals surface area contributed by atoms with Crippen LogP contribution in [0, 0.1) is 71.0 Å². The number of carbonyl (C=O) groups excluding carboxylic acids is 4. The number of hydrogen-bond acceptors (Lipinski definition) is 7. The molecule has 10 aliphatic rings. The van der Waals surface area contributed by atoms with E-state index < -0.39 is 118 Å². The van der Waals surface area contributed by atoms with Crippen LogP contribution in [0.5, 0.6) is 0 Å². The van der Waals surface area contributed by atoms with E-state index in [4.69, 9.17) is 4.74 Å². The molecule has 15 heteroatoms. The van der Waals surface area contributed by atoms with Gasteiger partial charge >= 0.3 is 12.4 Å². The molecule has 0 N–H and O–H groups in total. The van der Waals surface area contributed by atoms with Gasteiger partial charge in [0, 0.05) is 49.9 Å². The fourth-order valence-electron chi connectivity index (χ4n) is 14.6. The number of alkyl halides is 6. The highest BCUT2D eigenvalue weighted by Gasteiger charge is 2.97. The van der Waals surface area contributed by atoms with Gasteiger partial charge in [-0.3, -0.25) is 29.0 Å². The number of fused-ring (bicyclic) bond motifs is 22. The van der Waals surface area contributed by atoms with Crippen LogP contribution >= 0.6 is 0 Å². The van der Waals surface area contributed by atoms with E-state index in [0.29, 0.717) is 13.1 Å². The van der Waals surface area contributed by atoms with E-state index >= 15 is 26.3 Å². The highest BCUT2D eigenvalue weighted by Crippen LogP contribution is 2.86. The molecule has 0 aromatic carbocycles. The molecule has 14 atom stereocenters. The second-order valence-corrected chi connectivity index (χ2v) is 17.5. The molecule has 0 aromatic heterocycles. The van der Waals surface area contributed by atoms with Crippen LogP contribution in [0.4, 0.5) is 26.3 Å². The first kappa shape index (κ1) is 33.3. The van der Waals surface area contributed by atoms with Crippen molar-refractivity contribution >= 4 is 23.6 Å². The van der Waals surface area contributed by atoms with Crippen LogP contribution in [0.1, 0.15) is 51.4 Å². The molecular weight excluding hydrogens is 682 g/mol. The Balaban J connectivity index is 1.01. The van der Waals surface area contributed by atoms with Gasteiger partial charge in [-0.05, 0) is 88.4 Å². The summed E-state index contributed by atoms with van der Waals surface area (Å²) in [5.74, 6) is -17.7. The van der Waals surface area contributed by atoms with Gasteiger partial charge < -0.3 is 14.5 Å². The predicted octanol–water partition coefficient (Wildman–Crippen LogP) is 3.57. The smallest absolute Gasteiger partial charge is 0.348 e. The molecule has 0 radical (unpaired) electrons. The van der Waals surface area contributed by atoms with Gasteiger partial charge in [-0.2, -0.15) is 26.3 Å². The molecule has 6 heterocycles. The van der Waals surface area contributed by atoms with Gasteiger partial charge in [-0.15, -0.1) is 0 Å². The van der Waals surface area contributed by atoms with Crippen LogP contribution in [-0.2, 0) is 23.9 Å². The van der Waals surface area contributed by atoms with Crippen LogP contribution in [0.25, 0.3) is 0 Å². The number of imide groups is 2. The van der Waals surface area contributed by atoms with Crippen molar-refractivity contribution in [3.8, 4) is 0 Å². The van der Waals surface area contributed by atoms with Gasteiger partial charge in [0.2, 0.25) is 23.6 Å². The number of likely N-dealkylation sites (tertiary alicyclic amines) is 4. The number of nitrogens with zero attached hydrogens (tertiary/aromatic N) is 4. The van der Waals surface area contributed by atoms with Crippen LogP contribution < -0.4 is 0 Å². The van der Waals surface area contributed by atoms with Crippen LogP contribution in [0.15, 0.2) is 0 Å². The van der Waals surface area contributed by atoms with E-state index in [1.54, 1.807) is 0 Å². The van der Waals surface area contributed by atoms with Crippen molar-refractivity contribution in [2.45, 2.75) is 74.9 Å². The van der Waals surface area contributed by atoms with E-state index in [1.807, 2.05) is 0 Å². The molecule has 9 nitrogen and oxygen atoms in total. The van der Waals surface area contributed by atoms with Crippen molar-refractivity contribution in [3.63, 3.8) is 0 Å². The molecule has 8 unspecified atom stereocenters. The summed E-state index contributed by atoms with van der Waals surface area (Å²) >= 11 is 0. The van der Waals surface area contributed by atoms with Crippen molar-refractivity contribution < 1.29 is 50.3 Å². The topological polar surface area (TPSA) is 90.5 Å². The summed E-state index contributed by atoms with van der Waals surface area (Å²) < 4.78 is 101. The summed E-state index contributed by atoms with van der Waals surface area (Å²) in [7, 11) is 0. The molecule has 4 amide bonds. The van der Waals surface area contributed by atoms with E-state index in [9.17, 15) is 19.2 Å². The summed E-state index contributed by atoms with van der Waals surface area (Å²) in [6.07, 6.45) is -4.48. The van der Waals surface area contributed by atoms with Crippen molar-refractivity contribution in [3.05, 3.63) is 0 Å². The monoisotopic (exact) mass is 726 g/mol. The molecule has 6 saturated heterocycles. The molecule has 10 rings (SSSR count). The highest BCUT2D eigenvalue weighted by atomic mass is 19.4. The molecule has 280 valence electrons. The molecule has 4 saturated carbocycles. The first-order valence-electron chi connectivity index (χ1n) is 19.2. The third kappa shape index (κ3) is 3.91. The summed E-state index contributed by atoms with van der Waals surface area (Å²) in [6, 6.07) is 0. The maximum absolute atomic E-state index is 15.9. The Kier molecular flexibility index (Phi) is 6.99. The van der Waals surface area contributed by atoms with E-state index in [0.717, 1.165) is 74.5 Å². The lowest BCUT2D eigenvalue weighted by Gasteiger charge is -2.53. The third-order valence-corrected chi connectivity index (χ3v) is 15.9. The Morgan fingerprint density at radius 3 is 1.06 bits per heavy atom. The number of carbonyl (C=O) groups is 4. The van der Waals surface area contributed by atoms with E-state index in [1.165, 1.54) is 0 Å². The normalized spacial score (nSPS) is 48.7. The van der Waals surface area contributed by atoms with Gasteiger partial charge in [0.1, 0.15) is 0 Å². The first-order valence-corrected chi connectivity index (χ1v) is 19.2. The Hall–Kier alpha value is -2.26. The lowest BCUT2D eigenvalue weighted by Crippen LogP contribution is -2.66. The second-order valence-electron chi connectivity index (χ2n) is 17.5. The van der Waals surface area contributed by atoms with E-state index in [2.05, 4.69) is 9.80 Å². The van der Waals surface area contributed by atoms with Gasteiger partial charge in [0.25, 0.3) is 0 Å². The Morgan fingerprint density at radius 2 is 0.784 bits per heavy atom. The molecule has 6 bridgehead atoms. The Labute approximate surface area is 291 Å². The zero-order chi connectivity index (χ0) is 35.6. The average molecular weight is 727 g/mol. The summed E-state index contributed by atoms with van der Waals surface area (Å²) in [4.78, 5) is 62.2. The number of piperidine rings is 2. The Bertz CT molecular complexity index is 1380. The zero-order valence-corrected chi connectivity index (χ0v) is 28.3. The number of hydrogen-bond donors (Lipinski definition) is 0. The quantitative estimate of drug-likeness (QED) is 0.306. The number of ether oxygens (including phenoxy) is 1. The number of halogens is 6. The van der Waals surface area contributed by atoms with Crippen LogP contribution in [0.3, 0.4) is 0 Å². The zero-order valence-electron chi connectivity index (χ0n) is 28.3. The molecule has 6 aliphatic heterocycles. The van der Waals surface area contributed by atoms with Crippen LogP contribution in [0.2, 0.25) is 0 Å². The molecule has 0 aromatic rings. The number of amides is 4. The fourth-order valence-corrected chi connectivity index (χ4v) is 14.6. The second kappa shape index (κ2) is 10.7. The third-order valence-electron chi connectivity index (χ3n) is 15.9.